The first-order chi connectivity index (χ1) is 5.05. The van der Waals surface area contributed by atoms with Crippen molar-refractivity contribution in [2.75, 3.05) is 11.5 Å². The van der Waals surface area contributed by atoms with E-state index in [-0.39, 0.29) is 12.0 Å². The summed E-state index contributed by atoms with van der Waals surface area (Å²) in [6.07, 6.45) is 1.64. The van der Waals surface area contributed by atoms with E-state index in [9.17, 15) is 8.42 Å². The van der Waals surface area contributed by atoms with Gasteiger partial charge < -0.3 is 5.73 Å². The predicted octanol–water partition coefficient (Wildman–Crippen LogP) is 0.158. The fourth-order valence-corrected chi connectivity index (χ4v) is 3.39. The molecule has 0 radical (unpaired) electrons. The normalized spacial score (nSPS) is 32.0. The molecule has 1 heterocycles. The molecule has 2 atom stereocenters. The second-order valence-corrected chi connectivity index (χ2v) is 5.46. The Hall–Kier alpha value is -0.0900. The highest BCUT2D eigenvalue weighted by atomic mass is 32.2. The third-order valence-corrected chi connectivity index (χ3v) is 4.14. The number of hydrogen-bond donors (Lipinski definition) is 1. The summed E-state index contributed by atoms with van der Waals surface area (Å²) >= 11 is 0. The van der Waals surface area contributed by atoms with Crippen LogP contribution in [0.4, 0.5) is 0 Å². The van der Waals surface area contributed by atoms with E-state index in [2.05, 4.69) is 0 Å². The summed E-state index contributed by atoms with van der Waals surface area (Å²) in [5, 5.41) is 0. The molecule has 1 aliphatic rings. The zero-order chi connectivity index (χ0) is 8.48. The maximum atomic E-state index is 11.0. The SMILES string of the molecule is CC[C@@H](N)C1CCS(=O)(=O)C1. The molecule has 4 heteroatoms. The Kier molecular flexibility index (Phi) is 2.54. The molecule has 0 saturated carbocycles. The van der Waals surface area contributed by atoms with Gasteiger partial charge in [0.25, 0.3) is 0 Å². The first-order valence-corrected chi connectivity index (χ1v) is 5.83. The molecule has 0 aromatic rings. The van der Waals surface area contributed by atoms with Crippen LogP contribution in [0.3, 0.4) is 0 Å². The molecule has 1 aliphatic heterocycles. The fraction of sp³-hybridized carbons (Fsp3) is 1.00. The van der Waals surface area contributed by atoms with Crippen LogP contribution in [-0.2, 0) is 9.84 Å². The minimum atomic E-state index is -2.73. The summed E-state index contributed by atoms with van der Waals surface area (Å²) in [6, 6.07) is 0.0762. The molecule has 1 fully saturated rings. The Morgan fingerprint density at radius 1 is 1.64 bits per heavy atom. The van der Waals surface area contributed by atoms with Crippen molar-refractivity contribution < 1.29 is 8.42 Å². The van der Waals surface area contributed by atoms with Crippen LogP contribution in [0.5, 0.6) is 0 Å². The van der Waals surface area contributed by atoms with Crippen LogP contribution in [0, 0.1) is 5.92 Å². The Labute approximate surface area is 67.9 Å². The van der Waals surface area contributed by atoms with Gasteiger partial charge in [0.1, 0.15) is 0 Å². The quantitative estimate of drug-likeness (QED) is 0.653. The van der Waals surface area contributed by atoms with E-state index in [1.54, 1.807) is 0 Å². The molecule has 0 aliphatic carbocycles. The van der Waals surface area contributed by atoms with E-state index in [4.69, 9.17) is 5.73 Å². The van der Waals surface area contributed by atoms with Gasteiger partial charge in [-0.15, -0.1) is 0 Å². The lowest BCUT2D eigenvalue weighted by Crippen LogP contribution is -2.29. The van der Waals surface area contributed by atoms with Crippen molar-refractivity contribution in [1.82, 2.24) is 0 Å². The van der Waals surface area contributed by atoms with Crippen molar-refractivity contribution in [1.29, 1.82) is 0 Å². The van der Waals surface area contributed by atoms with Crippen molar-refractivity contribution in [3.05, 3.63) is 0 Å². The lowest BCUT2D eigenvalue weighted by atomic mass is 9.98. The molecule has 0 bridgehead atoms. The Morgan fingerprint density at radius 2 is 2.27 bits per heavy atom. The van der Waals surface area contributed by atoms with Crippen LogP contribution in [0.2, 0.25) is 0 Å². The zero-order valence-corrected chi connectivity index (χ0v) is 7.60. The van der Waals surface area contributed by atoms with Gasteiger partial charge in [0, 0.05) is 6.04 Å². The molecule has 0 amide bonds. The van der Waals surface area contributed by atoms with Crippen LogP contribution in [-0.4, -0.2) is 26.0 Å². The number of hydrogen-bond acceptors (Lipinski definition) is 3. The highest BCUT2D eigenvalue weighted by Crippen LogP contribution is 2.21. The molecule has 0 aromatic heterocycles. The summed E-state index contributed by atoms with van der Waals surface area (Å²) in [7, 11) is -2.73. The highest BCUT2D eigenvalue weighted by molar-refractivity contribution is 7.91. The van der Waals surface area contributed by atoms with Gasteiger partial charge in [0.15, 0.2) is 9.84 Å². The van der Waals surface area contributed by atoms with Crippen LogP contribution < -0.4 is 5.73 Å². The zero-order valence-electron chi connectivity index (χ0n) is 6.79. The van der Waals surface area contributed by atoms with E-state index >= 15 is 0 Å². The maximum absolute atomic E-state index is 11.0. The number of sulfone groups is 1. The minimum Gasteiger partial charge on any atom is -0.327 e. The van der Waals surface area contributed by atoms with Gasteiger partial charge in [-0.3, -0.25) is 0 Å². The summed E-state index contributed by atoms with van der Waals surface area (Å²) in [5.41, 5.74) is 5.73. The Bertz CT molecular complexity index is 223. The summed E-state index contributed by atoms with van der Waals surface area (Å²) in [5.74, 6) is 0.859. The second kappa shape index (κ2) is 3.11. The van der Waals surface area contributed by atoms with Gasteiger partial charge in [-0.05, 0) is 18.8 Å². The lowest BCUT2D eigenvalue weighted by molar-refractivity contribution is 0.452. The third kappa shape index (κ3) is 2.17. The van der Waals surface area contributed by atoms with Crippen LogP contribution in [0.1, 0.15) is 19.8 Å². The van der Waals surface area contributed by atoms with Gasteiger partial charge in [-0.2, -0.15) is 0 Å². The summed E-state index contributed by atoms with van der Waals surface area (Å²) in [4.78, 5) is 0. The second-order valence-electron chi connectivity index (χ2n) is 3.24. The average molecular weight is 177 g/mol. The topological polar surface area (TPSA) is 60.2 Å². The standard InChI is InChI=1S/C7H15NO2S/c1-2-7(8)6-3-4-11(9,10)5-6/h6-7H,2-5,8H2,1H3/t6?,7-/m1/s1. The highest BCUT2D eigenvalue weighted by Gasteiger charge is 2.30. The monoisotopic (exact) mass is 177 g/mol. The van der Waals surface area contributed by atoms with Crippen molar-refractivity contribution >= 4 is 9.84 Å². The summed E-state index contributed by atoms with van der Waals surface area (Å²) < 4.78 is 22.0. The molecular weight excluding hydrogens is 162 g/mol. The minimum absolute atomic E-state index is 0.0762. The van der Waals surface area contributed by atoms with E-state index in [0.717, 1.165) is 12.8 Å². The molecule has 66 valence electrons. The average Bonchev–Trinajstić information content (AvgIpc) is 2.29. The van der Waals surface area contributed by atoms with Crippen molar-refractivity contribution in [2.24, 2.45) is 11.7 Å². The first-order valence-electron chi connectivity index (χ1n) is 4.01. The van der Waals surface area contributed by atoms with Crippen molar-refractivity contribution in [2.45, 2.75) is 25.8 Å². The lowest BCUT2D eigenvalue weighted by Gasteiger charge is -2.14. The van der Waals surface area contributed by atoms with E-state index in [0.29, 0.717) is 11.5 Å². The smallest absolute Gasteiger partial charge is 0.150 e. The van der Waals surface area contributed by atoms with Crippen LogP contribution in [0.25, 0.3) is 0 Å². The molecule has 1 rings (SSSR count). The Morgan fingerprint density at radius 3 is 2.64 bits per heavy atom. The van der Waals surface area contributed by atoms with Gasteiger partial charge in [0.05, 0.1) is 11.5 Å². The predicted molar refractivity (Wildman–Crippen MR) is 45.0 cm³/mol. The number of nitrogens with two attached hydrogens (primary N) is 1. The van der Waals surface area contributed by atoms with Gasteiger partial charge in [0.2, 0.25) is 0 Å². The van der Waals surface area contributed by atoms with E-state index in [1.165, 1.54) is 0 Å². The number of rotatable bonds is 2. The fourth-order valence-electron chi connectivity index (χ4n) is 1.49. The molecule has 1 unspecified atom stereocenters. The van der Waals surface area contributed by atoms with Crippen molar-refractivity contribution in [3.63, 3.8) is 0 Å². The van der Waals surface area contributed by atoms with Gasteiger partial charge in [-0.25, -0.2) is 8.42 Å². The first kappa shape index (κ1) is 9.00. The van der Waals surface area contributed by atoms with Crippen LogP contribution >= 0.6 is 0 Å². The van der Waals surface area contributed by atoms with E-state index in [1.807, 2.05) is 6.92 Å². The van der Waals surface area contributed by atoms with Crippen LogP contribution in [0.15, 0.2) is 0 Å². The summed E-state index contributed by atoms with van der Waals surface area (Å²) in [6.45, 7) is 2.00. The molecule has 1 saturated heterocycles. The van der Waals surface area contributed by atoms with Gasteiger partial charge >= 0.3 is 0 Å². The third-order valence-electron chi connectivity index (χ3n) is 2.34. The molecule has 11 heavy (non-hydrogen) atoms. The largest absolute Gasteiger partial charge is 0.327 e. The van der Waals surface area contributed by atoms with Gasteiger partial charge in [-0.1, -0.05) is 6.92 Å². The molecule has 0 spiro atoms. The molecule has 0 aromatic carbocycles. The molecule has 2 N–H and O–H groups in total. The molecular formula is C7H15NO2S. The Balaban J connectivity index is 2.55. The van der Waals surface area contributed by atoms with E-state index < -0.39 is 9.84 Å². The maximum Gasteiger partial charge on any atom is 0.150 e. The van der Waals surface area contributed by atoms with Crippen molar-refractivity contribution in [3.8, 4) is 0 Å². The molecule has 3 nitrogen and oxygen atoms in total.